The first-order chi connectivity index (χ1) is 13.8. The maximum Gasteiger partial charge on any atom is 0.280 e. The van der Waals surface area contributed by atoms with Crippen LogP contribution in [0.1, 0.15) is 18.1 Å². The van der Waals surface area contributed by atoms with Crippen molar-refractivity contribution in [1.29, 1.82) is 0 Å². The second-order valence-electron chi connectivity index (χ2n) is 7.07. The Bertz CT molecular complexity index is 1180. The third-order valence-corrected chi connectivity index (χ3v) is 7.48. The minimum Gasteiger partial charge on any atom is -0.200 e. The number of hydrogen-bond donors (Lipinski definition) is 0. The number of rotatable bonds is 4. The summed E-state index contributed by atoms with van der Waals surface area (Å²) in [5, 5.41) is 5.34. The zero-order valence-electron chi connectivity index (χ0n) is 15.6. The first kappa shape index (κ1) is 20.0. The van der Waals surface area contributed by atoms with E-state index in [-0.39, 0.29) is 16.5 Å². The molecule has 0 saturated carbocycles. The van der Waals surface area contributed by atoms with Gasteiger partial charge in [0.25, 0.3) is 10.0 Å². The highest BCUT2D eigenvalue weighted by atomic mass is 35.5. The average Bonchev–Trinajstić information content (AvgIpc) is 3.09. The van der Waals surface area contributed by atoms with E-state index in [1.165, 1.54) is 6.07 Å². The normalized spacial score (nSPS) is 19.3. The van der Waals surface area contributed by atoms with Gasteiger partial charge in [-0.3, -0.25) is 0 Å². The lowest BCUT2D eigenvalue weighted by molar-refractivity contribution is 0.418. The zero-order chi connectivity index (χ0) is 20.6. The van der Waals surface area contributed by atoms with E-state index in [1.54, 1.807) is 30.3 Å². The van der Waals surface area contributed by atoms with Gasteiger partial charge in [-0.05, 0) is 42.3 Å². The molecule has 0 amide bonds. The second-order valence-corrected chi connectivity index (χ2v) is 9.72. The number of halogens is 2. The molecule has 29 heavy (non-hydrogen) atoms. The van der Waals surface area contributed by atoms with Crippen LogP contribution in [0, 0.1) is 0 Å². The molecule has 0 saturated heterocycles. The Labute approximate surface area is 180 Å². The summed E-state index contributed by atoms with van der Waals surface area (Å²) in [5.41, 5.74) is 1.82. The van der Waals surface area contributed by atoms with Gasteiger partial charge in [-0.15, -0.1) is 0 Å². The van der Waals surface area contributed by atoms with E-state index in [1.807, 2.05) is 49.4 Å². The van der Waals surface area contributed by atoms with Crippen LogP contribution in [0.25, 0.3) is 0 Å². The fraction of sp³-hybridized carbons (Fsp3) is 0.136. The summed E-state index contributed by atoms with van der Waals surface area (Å²) in [7, 11) is -3.91. The Hall–Kier alpha value is -2.34. The molecule has 3 aromatic rings. The average molecular weight is 445 g/mol. The monoisotopic (exact) mass is 444 g/mol. The van der Waals surface area contributed by atoms with Gasteiger partial charge in [0.2, 0.25) is 0 Å². The second kappa shape index (κ2) is 7.48. The van der Waals surface area contributed by atoms with Crippen LogP contribution in [0.15, 0.2) is 88.9 Å². The smallest absolute Gasteiger partial charge is 0.200 e. The molecule has 1 aliphatic rings. The quantitative estimate of drug-likeness (QED) is 0.543. The van der Waals surface area contributed by atoms with Crippen LogP contribution < -0.4 is 0 Å². The van der Waals surface area contributed by atoms with Crippen molar-refractivity contribution in [2.75, 3.05) is 6.54 Å². The summed E-state index contributed by atoms with van der Waals surface area (Å²) in [6.45, 7) is 2.17. The van der Waals surface area contributed by atoms with E-state index < -0.39 is 15.4 Å². The van der Waals surface area contributed by atoms with Gasteiger partial charge < -0.3 is 0 Å². The lowest BCUT2D eigenvalue weighted by Crippen LogP contribution is -2.37. The number of hydrazone groups is 1. The predicted octanol–water partition coefficient (Wildman–Crippen LogP) is 5.36. The number of nitrogens with zero attached hydrogens (tertiary/aromatic N) is 2. The largest absolute Gasteiger partial charge is 0.280 e. The first-order valence-electron chi connectivity index (χ1n) is 9.00. The van der Waals surface area contributed by atoms with Crippen molar-refractivity contribution >= 4 is 38.9 Å². The SMILES string of the molecule is CC1(c2ccccc2)CN(S(=O)(=O)c2ccccc2Cl)N=C1c1ccc(Cl)cc1. The molecule has 1 aliphatic heterocycles. The Kier molecular flexibility index (Phi) is 5.15. The van der Waals surface area contributed by atoms with Crippen LogP contribution in [0.3, 0.4) is 0 Å². The maximum absolute atomic E-state index is 13.3. The summed E-state index contributed by atoms with van der Waals surface area (Å²) < 4.78 is 27.8. The van der Waals surface area contributed by atoms with Gasteiger partial charge >= 0.3 is 0 Å². The van der Waals surface area contributed by atoms with Crippen molar-refractivity contribution in [3.8, 4) is 0 Å². The Morgan fingerprint density at radius 3 is 2.17 bits per heavy atom. The molecule has 3 aromatic carbocycles. The molecule has 0 N–H and O–H groups in total. The first-order valence-corrected chi connectivity index (χ1v) is 11.2. The Morgan fingerprint density at radius 2 is 1.52 bits per heavy atom. The number of hydrogen-bond acceptors (Lipinski definition) is 3. The molecule has 1 heterocycles. The minimum absolute atomic E-state index is 0.0400. The van der Waals surface area contributed by atoms with Crippen molar-refractivity contribution in [2.24, 2.45) is 5.10 Å². The molecule has 0 aromatic heterocycles. The van der Waals surface area contributed by atoms with Gasteiger partial charge in [0.1, 0.15) is 4.90 Å². The van der Waals surface area contributed by atoms with Gasteiger partial charge in [0.05, 0.1) is 22.7 Å². The van der Waals surface area contributed by atoms with Crippen LogP contribution in [0.4, 0.5) is 0 Å². The fourth-order valence-corrected chi connectivity index (χ4v) is 5.49. The highest BCUT2D eigenvalue weighted by Gasteiger charge is 2.45. The van der Waals surface area contributed by atoms with Crippen molar-refractivity contribution in [3.63, 3.8) is 0 Å². The molecule has 0 bridgehead atoms. The summed E-state index contributed by atoms with van der Waals surface area (Å²) in [5.74, 6) is 0. The van der Waals surface area contributed by atoms with Gasteiger partial charge in [-0.25, -0.2) is 0 Å². The van der Waals surface area contributed by atoms with Crippen molar-refractivity contribution in [1.82, 2.24) is 4.41 Å². The highest BCUT2D eigenvalue weighted by molar-refractivity contribution is 7.89. The number of benzene rings is 3. The maximum atomic E-state index is 13.3. The molecule has 0 spiro atoms. The van der Waals surface area contributed by atoms with Crippen LogP contribution in [-0.4, -0.2) is 25.1 Å². The molecule has 1 unspecified atom stereocenters. The van der Waals surface area contributed by atoms with Crippen LogP contribution in [-0.2, 0) is 15.4 Å². The minimum atomic E-state index is -3.91. The molecular weight excluding hydrogens is 427 g/mol. The van der Waals surface area contributed by atoms with Crippen molar-refractivity contribution in [3.05, 3.63) is 100 Å². The summed E-state index contributed by atoms with van der Waals surface area (Å²) in [4.78, 5) is 0.0400. The van der Waals surface area contributed by atoms with Crippen LogP contribution >= 0.6 is 23.2 Å². The van der Waals surface area contributed by atoms with Crippen molar-refractivity contribution < 1.29 is 8.42 Å². The molecule has 0 aliphatic carbocycles. The van der Waals surface area contributed by atoms with E-state index in [0.717, 1.165) is 15.5 Å². The van der Waals surface area contributed by atoms with Gasteiger partial charge in [-0.1, -0.05) is 77.8 Å². The third kappa shape index (κ3) is 3.54. The zero-order valence-corrected chi connectivity index (χ0v) is 17.9. The molecule has 148 valence electrons. The predicted molar refractivity (Wildman–Crippen MR) is 117 cm³/mol. The fourth-order valence-electron chi connectivity index (χ4n) is 3.53. The highest BCUT2D eigenvalue weighted by Crippen LogP contribution is 2.38. The van der Waals surface area contributed by atoms with Gasteiger partial charge in [-0.2, -0.15) is 17.9 Å². The summed E-state index contributed by atoms with van der Waals surface area (Å²) in [6.07, 6.45) is 0. The van der Waals surface area contributed by atoms with E-state index in [4.69, 9.17) is 23.2 Å². The Balaban J connectivity index is 1.86. The lowest BCUT2D eigenvalue weighted by atomic mass is 9.76. The van der Waals surface area contributed by atoms with E-state index in [2.05, 4.69) is 5.10 Å². The van der Waals surface area contributed by atoms with Gasteiger partial charge in [0.15, 0.2) is 0 Å². The summed E-state index contributed by atoms with van der Waals surface area (Å²) >= 11 is 12.2. The van der Waals surface area contributed by atoms with E-state index >= 15 is 0 Å². The van der Waals surface area contributed by atoms with Crippen LogP contribution in [0.2, 0.25) is 10.0 Å². The standard InChI is InChI=1S/C22H18Cl2N2O2S/c1-22(17-7-3-2-4-8-17)15-26(25-21(22)16-11-13-18(23)14-12-16)29(27,28)20-10-6-5-9-19(20)24/h2-14H,15H2,1H3. The molecule has 1 atom stereocenters. The van der Waals surface area contributed by atoms with E-state index in [0.29, 0.717) is 10.7 Å². The Morgan fingerprint density at radius 1 is 0.897 bits per heavy atom. The van der Waals surface area contributed by atoms with Crippen LogP contribution in [0.5, 0.6) is 0 Å². The topological polar surface area (TPSA) is 49.7 Å². The molecule has 4 nitrogen and oxygen atoms in total. The molecule has 7 heteroatoms. The number of sulfonamides is 1. The molecule has 4 rings (SSSR count). The van der Waals surface area contributed by atoms with E-state index in [9.17, 15) is 8.42 Å². The van der Waals surface area contributed by atoms with Gasteiger partial charge in [0, 0.05) is 5.02 Å². The van der Waals surface area contributed by atoms with Crippen molar-refractivity contribution in [2.45, 2.75) is 17.2 Å². The third-order valence-electron chi connectivity index (χ3n) is 5.11. The molecular formula is C22H18Cl2N2O2S. The molecule has 0 fully saturated rings. The molecule has 0 radical (unpaired) electrons. The lowest BCUT2D eigenvalue weighted by Gasteiger charge is -2.27. The summed E-state index contributed by atoms with van der Waals surface area (Å²) in [6, 6.07) is 23.4.